The number of hydrogen-bond donors (Lipinski definition) is 0. The highest BCUT2D eigenvalue weighted by Gasteiger charge is 2.17. The lowest BCUT2D eigenvalue weighted by molar-refractivity contribution is 0.283. The minimum Gasteiger partial charge on any atom is -0.471 e. The Balaban J connectivity index is 1.73. The molecule has 9 heteroatoms. The number of halogens is 1. The van der Waals surface area contributed by atoms with Crippen molar-refractivity contribution < 1.29 is 4.74 Å². The Morgan fingerprint density at radius 3 is 2.61 bits per heavy atom. The van der Waals surface area contributed by atoms with E-state index in [9.17, 15) is 4.79 Å². The summed E-state index contributed by atoms with van der Waals surface area (Å²) in [6, 6.07) is 9.18. The monoisotopic (exact) mass is 464 g/mol. The lowest BCUT2D eigenvalue weighted by Crippen LogP contribution is -2.25. The van der Waals surface area contributed by atoms with Crippen molar-refractivity contribution in [1.29, 1.82) is 0 Å². The zero-order valence-electron chi connectivity index (χ0n) is 19.2. The van der Waals surface area contributed by atoms with Crippen molar-refractivity contribution >= 4 is 11.6 Å². The van der Waals surface area contributed by atoms with Crippen LogP contribution in [-0.2, 0) is 13.7 Å². The molecule has 0 radical (unpaired) electrons. The number of benzene rings is 1. The summed E-state index contributed by atoms with van der Waals surface area (Å²) in [6.07, 6.45) is 3.57. The minimum absolute atomic E-state index is 0.201. The molecule has 0 aliphatic rings. The molecule has 0 aliphatic heterocycles. The normalized spacial score (nSPS) is 11.2. The second-order valence-electron chi connectivity index (χ2n) is 8.12. The molecule has 3 aromatic heterocycles. The number of nitrogens with zero attached hydrogens (tertiary/aromatic N) is 6. The zero-order valence-corrected chi connectivity index (χ0v) is 20.0. The second-order valence-corrected chi connectivity index (χ2v) is 8.53. The molecule has 0 atom stereocenters. The fourth-order valence-corrected chi connectivity index (χ4v) is 3.65. The van der Waals surface area contributed by atoms with Gasteiger partial charge in [0, 0.05) is 30.9 Å². The zero-order chi connectivity index (χ0) is 23.7. The summed E-state index contributed by atoms with van der Waals surface area (Å²) in [5, 5.41) is 4.72. The first-order valence-corrected chi connectivity index (χ1v) is 11.0. The maximum atomic E-state index is 13.3. The highest BCUT2D eigenvalue weighted by atomic mass is 35.5. The van der Waals surface area contributed by atoms with Crippen LogP contribution < -0.4 is 10.3 Å². The van der Waals surface area contributed by atoms with E-state index in [0.29, 0.717) is 22.1 Å². The summed E-state index contributed by atoms with van der Waals surface area (Å²) >= 11 is 6.52. The van der Waals surface area contributed by atoms with Crippen molar-refractivity contribution in [3.05, 3.63) is 81.0 Å². The average Bonchev–Trinajstić information content (AvgIpc) is 3.21. The molecule has 4 aromatic rings. The van der Waals surface area contributed by atoms with E-state index in [4.69, 9.17) is 16.3 Å². The number of ether oxygens (including phenoxy) is 1. The van der Waals surface area contributed by atoms with E-state index in [1.54, 1.807) is 30.8 Å². The summed E-state index contributed by atoms with van der Waals surface area (Å²) in [7, 11) is 1.83. The fourth-order valence-electron chi connectivity index (χ4n) is 3.45. The Kier molecular flexibility index (Phi) is 6.29. The molecular formula is C24H25ClN6O2. The molecule has 0 fully saturated rings. The first-order valence-electron chi connectivity index (χ1n) is 10.6. The van der Waals surface area contributed by atoms with E-state index in [-0.39, 0.29) is 24.0 Å². The maximum Gasteiger partial charge on any atom is 0.264 e. The SMILES string of the molecule is Cc1c(OCc2ccn(C)n2)nc(C)n(-c2cc(-c3ccnc(C(C)C)n3)ccc2Cl)c1=O. The number of rotatable bonds is 6. The Morgan fingerprint density at radius 2 is 1.91 bits per heavy atom. The molecule has 1 aromatic carbocycles. The van der Waals surface area contributed by atoms with Crippen LogP contribution in [0.2, 0.25) is 5.02 Å². The van der Waals surface area contributed by atoms with E-state index in [0.717, 1.165) is 22.8 Å². The third kappa shape index (κ3) is 4.66. The first kappa shape index (κ1) is 22.7. The fraction of sp³-hybridized carbons (Fsp3) is 0.292. The van der Waals surface area contributed by atoms with Crippen LogP contribution >= 0.6 is 11.6 Å². The third-order valence-electron chi connectivity index (χ3n) is 5.23. The summed E-state index contributed by atoms with van der Waals surface area (Å²) in [5.74, 6) is 1.70. The highest BCUT2D eigenvalue weighted by molar-refractivity contribution is 6.32. The van der Waals surface area contributed by atoms with E-state index < -0.39 is 0 Å². The molecule has 33 heavy (non-hydrogen) atoms. The van der Waals surface area contributed by atoms with Gasteiger partial charge in [-0.05, 0) is 38.1 Å². The van der Waals surface area contributed by atoms with Crippen molar-refractivity contribution in [1.82, 2.24) is 29.3 Å². The van der Waals surface area contributed by atoms with E-state index in [1.165, 1.54) is 4.57 Å². The van der Waals surface area contributed by atoms with Gasteiger partial charge in [0.25, 0.3) is 5.56 Å². The van der Waals surface area contributed by atoms with Gasteiger partial charge in [-0.25, -0.2) is 9.97 Å². The van der Waals surface area contributed by atoms with E-state index in [2.05, 4.69) is 20.1 Å². The van der Waals surface area contributed by atoms with Gasteiger partial charge in [-0.2, -0.15) is 10.1 Å². The molecule has 0 aliphatic carbocycles. The molecule has 170 valence electrons. The van der Waals surface area contributed by atoms with Crippen LogP contribution in [0.15, 0.2) is 47.5 Å². The summed E-state index contributed by atoms with van der Waals surface area (Å²) < 4.78 is 8.99. The van der Waals surface area contributed by atoms with Crippen LogP contribution in [0.5, 0.6) is 5.88 Å². The van der Waals surface area contributed by atoms with E-state index >= 15 is 0 Å². The van der Waals surface area contributed by atoms with Crippen LogP contribution in [0, 0.1) is 13.8 Å². The lowest BCUT2D eigenvalue weighted by atomic mass is 10.1. The quantitative estimate of drug-likeness (QED) is 0.420. The van der Waals surface area contributed by atoms with Gasteiger partial charge < -0.3 is 4.74 Å². The van der Waals surface area contributed by atoms with Gasteiger partial charge >= 0.3 is 0 Å². The molecule has 0 saturated heterocycles. The standard InChI is InChI=1S/C24H25ClN6O2/c1-14(2)22-26-10-8-20(28-22)17-6-7-19(25)21(12-17)31-16(4)27-23(15(3)24(31)32)33-13-18-9-11-30(5)29-18/h6-12,14H,13H2,1-5H3. The Bertz CT molecular complexity index is 1380. The number of aryl methyl sites for hydroxylation is 2. The predicted molar refractivity (Wildman–Crippen MR) is 127 cm³/mol. The van der Waals surface area contributed by atoms with Gasteiger partial charge in [-0.3, -0.25) is 14.0 Å². The molecule has 0 N–H and O–H groups in total. The maximum absolute atomic E-state index is 13.3. The summed E-state index contributed by atoms with van der Waals surface area (Å²) in [4.78, 5) is 26.8. The third-order valence-corrected chi connectivity index (χ3v) is 5.55. The van der Waals surface area contributed by atoms with Crippen molar-refractivity contribution in [3.63, 3.8) is 0 Å². The van der Waals surface area contributed by atoms with Gasteiger partial charge in [0.05, 0.1) is 27.7 Å². The Morgan fingerprint density at radius 1 is 1.12 bits per heavy atom. The molecule has 0 amide bonds. The smallest absolute Gasteiger partial charge is 0.264 e. The number of aromatic nitrogens is 6. The average molecular weight is 465 g/mol. The topological polar surface area (TPSA) is 87.7 Å². The minimum atomic E-state index is -0.247. The van der Waals surface area contributed by atoms with Crippen LogP contribution in [0.3, 0.4) is 0 Å². The Labute approximate surface area is 196 Å². The van der Waals surface area contributed by atoms with Gasteiger partial charge in [-0.15, -0.1) is 0 Å². The van der Waals surface area contributed by atoms with Crippen molar-refractivity contribution in [3.8, 4) is 22.8 Å². The Hall–Kier alpha value is -3.52. The van der Waals surface area contributed by atoms with Crippen molar-refractivity contribution in [2.24, 2.45) is 7.05 Å². The molecule has 0 spiro atoms. The molecule has 0 unspecified atom stereocenters. The van der Waals surface area contributed by atoms with Crippen molar-refractivity contribution in [2.45, 2.75) is 40.2 Å². The van der Waals surface area contributed by atoms with Gasteiger partial charge in [-0.1, -0.05) is 31.5 Å². The molecule has 8 nitrogen and oxygen atoms in total. The van der Waals surface area contributed by atoms with Gasteiger partial charge in [0.15, 0.2) is 0 Å². The molecular weight excluding hydrogens is 440 g/mol. The van der Waals surface area contributed by atoms with Crippen LogP contribution in [0.25, 0.3) is 16.9 Å². The molecule has 0 bridgehead atoms. The van der Waals surface area contributed by atoms with Gasteiger partial charge in [0.1, 0.15) is 18.3 Å². The van der Waals surface area contributed by atoms with Crippen LogP contribution in [-0.4, -0.2) is 29.3 Å². The summed E-state index contributed by atoms with van der Waals surface area (Å²) in [6.45, 7) is 7.75. The van der Waals surface area contributed by atoms with Crippen LogP contribution in [0.4, 0.5) is 0 Å². The second kappa shape index (κ2) is 9.15. The largest absolute Gasteiger partial charge is 0.471 e. The molecule has 4 rings (SSSR count). The van der Waals surface area contributed by atoms with Gasteiger partial charge in [0.2, 0.25) is 5.88 Å². The highest BCUT2D eigenvalue weighted by Crippen LogP contribution is 2.28. The first-order chi connectivity index (χ1) is 15.7. The summed E-state index contributed by atoms with van der Waals surface area (Å²) in [5.41, 5.74) is 3.02. The van der Waals surface area contributed by atoms with Crippen molar-refractivity contribution in [2.75, 3.05) is 0 Å². The number of hydrogen-bond acceptors (Lipinski definition) is 6. The molecule has 3 heterocycles. The lowest BCUT2D eigenvalue weighted by Gasteiger charge is -2.16. The van der Waals surface area contributed by atoms with Crippen LogP contribution in [0.1, 0.15) is 42.7 Å². The molecule has 0 saturated carbocycles. The predicted octanol–water partition coefficient (Wildman–Crippen LogP) is 4.40. The van der Waals surface area contributed by atoms with E-state index in [1.807, 2.05) is 51.4 Å².